The molecule has 86 valence electrons. The van der Waals surface area contributed by atoms with E-state index < -0.39 is 5.91 Å². The summed E-state index contributed by atoms with van der Waals surface area (Å²) in [5.41, 5.74) is 7.32. The maximum Gasteiger partial charge on any atom is 0.249 e. The zero-order chi connectivity index (χ0) is 12.4. The van der Waals surface area contributed by atoms with Crippen molar-refractivity contribution in [2.24, 2.45) is 5.73 Å². The molecule has 2 nitrogen and oxygen atoms in total. The van der Waals surface area contributed by atoms with E-state index in [1.54, 1.807) is 24.3 Å². The van der Waals surface area contributed by atoms with Gasteiger partial charge in [-0.15, -0.1) is 0 Å². The molecule has 4 heteroatoms. The quantitative estimate of drug-likeness (QED) is 0.838. The fraction of sp³-hybridized carbons (Fsp3) is 0. The van der Waals surface area contributed by atoms with Crippen molar-refractivity contribution < 1.29 is 9.18 Å². The van der Waals surface area contributed by atoms with Gasteiger partial charge in [0.1, 0.15) is 5.82 Å². The van der Waals surface area contributed by atoms with Crippen LogP contribution >= 0.6 is 22.6 Å². The molecule has 2 rings (SSSR count). The molecule has 0 spiro atoms. The van der Waals surface area contributed by atoms with Gasteiger partial charge >= 0.3 is 0 Å². The number of benzene rings is 2. The Morgan fingerprint density at radius 2 is 1.76 bits per heavy atom. The number of carbonyl (C=O) groups is 1. The first-order valence-corrected chi connectivity index (χ1v) is 6.01. The second-order valence-corrected chi connectivity index (χ2v) is 4.70. The van der Waals surface area contributed by atoms with Crippen LogP contribution in [-0.4, -0.2) is 5.91 Å². The van der Waals surface area contributed by atoms with E-state index in [4.69, 9.17) is 5.73 Å². The van der Waals surface area contributed by atoms with Gasteiger partial charge in [-0.25, -0.2) is 4.39 Å². The van der Waals surface area contributed by atoms with Gasteiger partial charge < -0.3 is 5.73 Å². The van der Waals surface area contributed by atoms with Crippen LogP contribution in [0.15, 0.2) is 42.5 Å². The summed E-state index contributed by atoms with van der Waals surface area (Å²) in [7, 11) is 0. The average Bonchev–Trinajstić information content (AvgIpc) is 2.30. The van der Waals surface area contributed by atoms with E-state index in [2.05, 4.69) is 22.6 Å². The summed E-state index contributed by atoms with van der Waals surface area (Å²) in [6.45, 7) is 0. The maximum absolute atomic E-state index is 12.9. The van der Waals surface area contributed by atoms with Crippen molar-refractivity contribution in [1.82, 2.24) is 0 Å². The molecule has 0 aliphatic carbocycles. The molecule has 2 N–H and O–H groups in total. The van der Waals surface area contributed by atoms with Crippen LogP contribution in [0.2, 0.25) is 0 Å². The number of carbonyl (C=O) groups excluding carboxylic acids is 1. The first kappa shape index (κ1) is 12.0. The normalized spacial score (nSPS) is 10.2. The van der Waals surface area contributed by atoms with E-state index >= 15 is 0 Å². The second kappa shape index (κ2) is 4.83. The van der Waals surface area contributed by atoms with Crippen LogP contribution < -0.4 is 5.73 Å². The molecule has 0 aliphatic rings. The number of hydrogen-bond acceptors (Lipinski definition) is 1. The Morgan fingerprint density at radius 1 is 1.12 bits per heavy atom. The Hall–Kier alpha value is -1.43. The summed E-state index contributed by atoms with van der Waals surface area (Å²) in [5, 5.41) is 0. The standard InChI is InChI=1S/C13H9FINO/c14-9-6-4-8(5-7-9)12-10(13(16)17)2-1-3-11(12)15/h1-7H,(H2,16,17). The van der Waals surface area contributed by atoms with Gasteiger partial charge in [0.25, 0.3) is 0 Å². The molecule has 17 heavy (non-hydrogen) atoms. The van der Waals surface area contributed by atoms with Crippen LogP contribution in [0.1, 0.15) is 10.4 Å². The minimum absolute atomic E-state index is 0.305. The monoisotopic (exact) mass is 341 g/mol. The van der Waals surface area contributed by atoms with E-state index in [9.17, 15) is 9.18 Å². The topological polar surface area (TPSA) is 43.1 Å². The summed E-state index contributed by atoms with van der Waals surface area (Å²) in [5.74, 6) is -0.789. The van der Waals surface area contributed by atoms with E-state index in [0.29, 0.717) is 5.56 Å². The first-order valence-electron chi connectivity index (χ1n) is 4.94. The highest BCUT2D eigenvalue weighted by atomic mass is 127. The van der Waals surface area contributed by atoms with Crippen LogP contribution in [0.4, 0.5) is 4.39 Å². The van der Waals surface area contributed by atoms with E-state index in [0.717, 1.165) is 14.7 Å². The number of rotatable bonds is 2. The van der Waals surface area contributed by atoms with Gasteiger partial charge in [0.15, 0.2) is 0 Å². The molecule has 0 bridgehead atoms. The molecular weight excluding hydrogens is 332 g/mol. The Labute approximate surface area is 112 Å². The Morgan fingerprint density at radius 3 is 2.35 bits per heavy atom. The summed E-state index contributed by atoms with van der Waals surface area (Å²) < 4.78 is 13.8. The zero-order valence-electron chi connectivity index (χ0n) is 8.78. The lowest BCUT2D eigenvalue weighted by atomic mass is 9.99. The van der Waals surface area contributed by atoms with Crippen LogP contribution in [0.3, 0.4) is 0 Å². The van der Waals surface area contributed by atoms with Crippen LogP contribution in [0.5, 0.6) is 0 Å². The Balaban J connectivity index is 2.65. The average molecular weight is 341 g/mol. The van der Waals surface area contributed by atoms with Gasteiger partial charge in [-0.1, -0.05) is 18.2 Å². The number of nitrogens with two attached hydrogens (primary N) is 1. The minimum Gasteiger partial charge on any atom is -0.366 e. The van der Waals surface area contributed by atoms with Crippen molar-refractivity contribution in [2.45, 2.75) is 0 Å². The molecule has 0 aliphatic heterocycles. The highest BCUT2D eigenvalue weighted by molar-refractivity contribution is 14.1. The lowest BCUT2D eigenvalue weighted by molar-refractivity contribution is 0.100. The Kier molecular flexibility index (Phi) is 3.42. The van der Waals surface area contributed by atoms with E-state index in [1.165, 1.54) is 12.1 Å². The molecule has 1 amide bonds. The minimum atomic E-state index is -0.483. The summed E-state index contributed by atoms with van der Waals surface area (Å²) >= 11 is 2.13. The van der Waals surface area contributed by atoms with Gasteiger partial charge in [-0.3, -0.25) is 4.79 Å². The van der Waals surface area contributed by atoms with Gasteiger partial charge in [0.2, 0.25) is 5.91 Å². The Bertz CT molecular complexity index is 566. The van der Waals surface area contributed by atoms with Gasteiger partial charge in [-0.05, 0) is 52.4 Å². The molecular formula is C13H9FINO. The number of hydrogen-bond donors (Lipinski definition) is 1. The van der Waals surface area contributed by atoms with Crippen LogP contribution in [-0.2, 0) is 0 Å². The molecule has 0 radical (unpaired) electrons. The first-order chi connectivity index (χ1) is 8.09. The largest absolute Gasteiger partial charge is 0.366 e. The number of primary amides is 1. The molecule has 0 saturated carbocycles. The SMILES string of the molecule is NC(=O)c1cccc(I)c1-c1ccc(F)cc1. The predicted octanol–water partition coefficient (Wildman–Crippen LogP) is 3.20. The molecule has 0 heterocycles. The lowest BCUT2D eigenvalue weighted by Crippen LogP contribution is -2.13. The third kappa shape index (κ3) is 2.46. The van der Waals surface area contributed by atoms with Crippen molar-refractivity contribution in [3.63, 3.8) is 0 Å². The third-order valence-electron chi connectivity index (χ3n) is 2.41. The highest BCUT2D eigenvalue weighted by Crippen LogP contribution is 2.28. The van der Waals surface area contributed by atoms with Gasteiger partial charge in [0.05, 0.1) is 0 Å². The smallest absolute Gasteiger partial charge is 0.249 e. The van der Waals surface area contributed by atoms with Crippen molar-refractivity contribution in [2.75, 3.05) is 0 Å². The third-order valence-corrected chi connectivity index (χ3v) is 3.31. The van der Waals surface area contributed by atoms with Gasteiger partial charge in [-0.2, -0.15) is 0 Å². The van der Waals surface area contributed by atoms with Crippen LogP contribution in [0.25, 0.3) is 11.1 Å². The second-order valence-electron chi connectivity index (χ2n) is 3.53. The molecule has 2 aromatic carbocycles. The van der Waals surface area contributed by atoms with E-state index in [1.807, 2.05) is 6.07 Å². The molecule has 0 aromatic heterocycles. The highest BCUT2D eigenvalue weighted by Gasteiger charge is 2.12. The maximum atomic E-state index is 12.9. The van der Waals surface area contributed by atoms with Gasteiger partial charge in [0, 0.05) is 14.7 Å². The lowest BCUT2D eigenvalue weighted by Gasteiger charge is -2.09. The fourth-order valence-corrected chi connectivity index (χ4v) is 2.45. The van der Waals surface area contributed by atoms with Crippen LogP contribution in [0, 0.1) is 9.39 Å². The summed E-state index contributed by atoms with van der Waals surface area (Å²) in [6.07, 6.45) is 0. The summed E-state index contributed by atoms with van der Waals surface area (Å²) in [4.78, 5) is 11.4. The molecule has 0 unspecified atom stereocenters. The van der Waals surface area contributed by atoms with Crippen molar-refractivity contribution in [3.8, 4) is 11.1 Å². The predicted molar refractivity (Wildman–Crippen MR) is 73.1 cm³/mol. The molecule has 2 aromatic rings. The van der Waals surface area contributed by atoms with Crippen molar-refractivity contribution in [1.29, 1.82) is 0 Å². The molecule has 0 atom stereocenters. The molecule has 0 saturated heterocycles. The van der Waals surface area contributed by atoms with Crippen molar-refractivity contribution >= 4 is 28.5 Å². The number of halogens is 2. The summed E-state index contributed by atoms with van der Waals surface area (Å²) in [6, 6.07) is 11.3. The number of amides is 1. The zero-order valence-corrected chi connectivity index (χ0v) is 10.9. The van der Waals surface area contributed by atoms with E-state index in [-0.39, 0.29) is 5.82 Å². The van der Waals surface area contributed by atoms with Crippen molar-refractivity contribution in [3.05, 3.63) is 57.4 Å². The molecule has 0 fully saturated rings. The fourth-order valence-electron chi connectivity index (χ4n) is 1.64.